The predicted molar refractivity (Wildman–Crippen MR) is 99.8 cm³/mol. The molecule has 0 bridgehead atoms. The van der Waals surface area contributed by atoms with Crippen molar-refractivity contribution >= 4 is 5.65 Å². The highest BCUT2D eigenvalue weighted by Crippen LogP contribution is 2.36. The predicted octanol–water partition coefficient (Wildman–Crippen LogP) is 4.49. The Balaban J connectivity index is 1.99. The van der Waals surface area contributed by atoms with Crippen LogP contribution >= 0.6 is 0 Å². The van der Waals surface area contributed by atoms with Gasteiger partial charge in [-0.3, -0.25) is 0 Å². The number of benzene rings is 1. The zero-order chi connectivity index (χ0) is 20.6. The van der Waals surface area contributed by atoms with Crippen LogP contribution in [0.2, 0.25) is 0 Å². The zero-order valence-electron chi connectivity index (χ0n) is 15.4. The number of alkyl halides is 3. The van der Waals surface area contributed by atoms with Crippen LogP contribution in [0, 0.1) is 0 Å². The molecule has 0 N–H and O–H groups in total. The van der Waals surface area contributed by atoms with E-state index in [-0.39, 0.29) is 17.2 Å². The lowest BCUT2D eigenvalue weighted by atomic mass is 10.1. The highest BCUT2D eigenvalue weighted by atomic mass is 19.4. The monoisotopic (exact) mass is 400 g/mol. The van der Waals surface area contributed by atoms with Gasteiger partial charge in [-0.25, -0.2) is 14.5 Å². The average Bonchev–Trinajstić information content (AvgIpc) is 3.16. The molecule has 0 aliphatic heterocycles. The van der Waals surface area contributed by atoms with Gasteiger partial charge < -0.3 is 9.47 Å². The highest BCUT2D eigenvalue weighted by Gasteiger charge is 2.35. The number of aromatic nitrogens is 4. The Hall–Kier alpha value is -3.62. The van der Waals surface area contributed by atoms with Crippen molar-refractivity contribution < 1.29 is 22.6 Å². The van der Waals surface area contributed by atoms with E-state index >= 15 is 0 Å². The number of methoxy groups -OCH3 is 2. The molecule has 0 fully saturated rings. The Kier molecular flexibility index (Phi) is 4.57. The summed E-state index contributed by atoms with van der Waals surface area (Å²) in [5, 5.41) is 3.93. The number of halogens is 3. The lowest BCUT2D eigenvalue weighted by molar-refractivity contribution is -0.142. The molecule has 0 amide bonds. The number of hydrogen-bond donors (Lipinski definition) is 0. The van der Waals surface area contributed by atoms with E-state index in [4.69, 9.17) is 9.47 Å². The Morgan fingerprint density at radius 2 is 1.72 bits per heavy atom. The maximum atomic E-state index is 13.7. The quantitative estimate of drug-likeness (QED) is 0.505. The molecule has 9 heteroatoms. The molecule has 6 nitrogen and oxygen atoms in total. The first kappa shape index (κ1) is 18.7. The molecule has 0 spiro atoms. The second kappa shape index (κ2) is 7.08. The van der Waals surface area contributed by atoms with E-state index in [1.165, 1.54) is 26.6 Å². The molecular weight excluding hydrogens is 385 g/mol. The SMILES string of the molecule is COc1ccc(-c2cc(C(F)(F)F)n3ncc(-c4cccnc4OC)c3n2)cc1. The Morgan fingerprint density at radius 3 is 2.38 bits per heavy atom. The summed E-state index contributed by atoms with van der Waals surface area (Å²) < 4.78 is 52.4. The van der Waals surface area contributed by atoms with Gasteiger partial charge in [0.1, 0.15) is 5.75 Å². The number of pyridine rings is 1. The molecule has 4 rings (SSSR count). The van der Waals surface area contributed by atoms with Crippen LogP contribution in [0.3, 0.4) is 0 Å². The van der Waals surface area contributed by atoms with E-state index in [1.54, 1.807) is 36.4 Å². The van der Waals surface area contributed by atoms with Crippen LogP contribution in [-0.2, 0) is 6.18 Å². The molecule has 0 aliphatic rings. The number of nitrogens with zero attached hydrogens (tertiary/aromatic N) is 4. The number of hydrogen-bond acceptors (Lipinski definition) is 5. The number of ether oxygens (including phenoxy) is 2. The van der Waals surface area contributed by atoms with Crippen LogP contribution in [0.25, 0.3) is 28.0 Å². The van der Waals surface area contributed by atoms with Gasteiger partial charge in [0, 0.05) is 17.3 Å². The third-order valence-corrected chi connectivity index (χ3v) is 4.40. The molecule has 148 valence electrons. The first-order valence-electron chi connectivity index (χ1n) is 8.52. The zero-order valence-corrected chi connectivity index (χ0v) is 15.4. The molecule has 3 heterocycles. The van der Waals surface area contributed by atoms with E-state index in [2.05, 4.69) is 15.1 Å². The van der Waals surface area contributed by atoms with Crippen LogP contribution in [0.4, 0.5) is 13.2 Å². The fourth-order valence-electron chi connectivity index (χ4n) is 3.02. The normalized spacial score (nSPS) is 11.6. The molecule has 0 atom stereocenters. The molecule has 4 aromatic rings. The Morgan fingerprint density at radius 1 is 0.966 bits per heavy atom. The van der Waals surface area contributed by atoms with E-state index in [0.717, 1.165) is 10.6 Å². The van der Waals surface area contributed by atoms with Gasteiger partial charge in [-0.05, 0) is 42.5 Å². The second-order valence-corrected chi connectivity index (χ2v) is 6.11. The van der Waals surface area contributed by atoms with Gasteiger partial charge in [0.2, 0.25) is 5.88 Å². The van der Waals surface area contributed by atoms with Crippen LogP contribution in [0.15, 0.2) is 54.9 Å². The van der Waals surface area contributed by atoms with E-state index in [0.29, 0.717) is 22.4 Å². The molecule has 0 aliphatic carbocycles. The second-order valence-electron chi connectivity index (χ2n) is 6.11. The summed E-state index contributed by atoms with van der Waals surface area (Å²) in [6, 6.07) is 11.0. The summed E-state index contributed by atoms with van der Waals surface area (Å²) in [7, 11) is 2.95. The van der Waals surface area contributed by atoms with Crippen molar-refractivity contribution in [1.82, 2.24) is 19.6 Å². The first-order chi connectivity index (χ1) is 13.9. The fraction of sp³-hybridized carbons (Fsp3) is 0.150. The van der Waals surface area contributed by atoms with E-state index in [1.807, 2.05) is 0 Å². The topological polar surface area (TPSA) is 61.5 Å². The highest BCUT2D eigenvalue weighted by molar-refractivity contribution is 5.81. The maximum Gasteiger partial charge on any atom is 0.433 e. The molecule has 29 heavy (non-hydrogen) atoms. The van der Waals surface area contributed by atoms with Crippen molar-refractivity contribution in [2.75, 3.05) is 14.2 Å². The maximum absolute atomic E-state index is 13.7. The third-order valence-electron chi connectivity index (χ3n) is 4.40. The number of fused-ring (bicyclic) bond motifs is 1. The summed E-state index contributed by atoms with van der Waals surface area (Å²) in [5.74, 6) is 0.864. The first-order valence-corrected chi connectivity index (χ1v) is 8.52. The van der Waals surface area contributed by atoms with Gasteiger partial charge in [-0.2, -0.15) is 18.3 Å². The minimum absolute atomic E-state index is 0.0527. The van der Waals surface area contributed by atoms with Crippen molar-refractivity contribution in [1.29, 1.82) is 0 Å². The summed E-state index contributed by atoms with van der Waals surface area (Å²) in [6.45, 7) is 0. The van der Waals surface area contributed by atoms with Gasteiger partial charge in [0.15, 0.2) is 11.3 Å². The Bertz CT molecular complexity index is 1170. The summed E-state index contributed by atoms with van der Waals surface area (Å²) in [6.07, 6.45) is -1.76. The summed E-state index contributed by atoms with van der Waals surface area (Å²) in [4.78, 5) is 8.57. The van der Waals surface area contributed by atoms with Gasteiger partial charge in [0.05, 0.1) is 31.7 Å². The lowest BCUT2D eigenvalue weighted by Gasteiger charge is -2.12. The van der Waals surface area contributed by atoms with Gasteiger partial charge >= 0.3 is 6.18 Å². The summed E-state index contributed by atoms with van der Waals surface area (Å²) in [5.41, 5.74) is 0.689. The lowest BCUT2D eigenvalue weighted by Crippen LogP contribution is -2.13. The third kappa shape index (κ3) is 3.35. The smallest absolute Gasteiger partial charge is 0.433 e. The van der Waals surface area contributed by atoms with Crippen LogP contribution < -0.4 is 9.47 Å². The van der Waals surface area contributed by atoms with Gasteiger partial charge in [-0.1, -0.05) is 0 Å². The molecule has 0 saturated heterocycles. The fourth-order valence-corrected chi connectivity index (χ4v) is 3.02. The molecule has 1 aromatic carbocycles. The number of rotatable bonds is 4. The van der Waals surface area contributed by atoms with Gasteiger partial charge in [0.25, 0.3) is 0 Å². The minimum Gasteiger partial charge on any atom is -0.497 e. The van der Waals surface area contributed by atoms with Crippen LogP contribution in [0.1, 0.15) is 5.69 Å². The van der Waals surface area contributed by atoms with Crippen molar-refractivity contribution in [2.45, 2.75) is 6.18 Å². The van der Waals surface area contributed by atoms with Crippen molar-refractivity contribution in [3.05, 3.63) is 60.6 Å². The molecule has 0 saturated carbocycles. The largest absolute Gasteiger partial charge is 0.497 e. The molecule has 0 unspecified atom stereocenters. The van der Waals surface area contributed by atoms with Crippen LogP contribution in [-0.4, -0.2) is 33.8 Å². The molecule has 0 radical (unpaired) electrons. The minimum atomic E-state index is -4.62. The van der Waals surface area contributed by atoms with Crippen molar-refractivity contribution in [2.24, 2.45) is 0 Å². The summed E-state index contributed by atoms with van der Waals surface area (Å²) >= 11 is 0. The molecule has 3 aromatic heterocycles. The van der Waals surface area contributed by atoms with Crippen molar-refractivity contribution in [3.63, 3.8) is 0 Å². The molecular formula is C20H15F3N4O2. The average molecular weight is 400 g/mol. The van der Waals surface area contributed by atoms with Gasteiger partial charge in [-0.15, -0.1) is 0 Å². The Labute approximate surface area is 163 Å². The standard InChI is InChI=1S/C20H15F3N4O2/c1-28-13-7-5-12(6-8-13)16-10-17(20(21,22)23)27-18(26-16)15(11-25-27)14-4-3-9-24-19(14)29-2/h3-11H,1-2H3. The van der Waals surface area contributed by atoms with Crippen molar-refractivity contribution in [3.8, 4) is 34.0 Å². The van der Waals surface area contributed by atoms with Crippen LogP contribution in [0.5, 0.6) is 11.6 Å². The van der Waals surface area contributed by atoms with E-state index < -0.39 is 11.9 Å². The van der Waals surface area contributed by atoms with E-state index in [9.17, 15) is 13.2 Å².